The Hall–Kier alpha value is -1.03. The molecule has 3 aromatic rings. The Morgan fingerprint density at radius 2 is 1.80 bits per heavy atom. The van der Waals surface area contributed by atoms with Gasteiger partial charge in [0.15, 0.2) is 0 Å². The fraction of sp³-hybridized carbons (Fsp3) is 0.125. The van der Waals surface area contributed by atoms with Crippen LogP contribution in [0.4, 0.5) is 5.69 Å². The second-order valence-electron chi connectivity index (χ2n) is 4.65. The van der Waals surface area contributed by atoms with Gasteiger partial charge in [0.1, 0.15) is 0 Å². The van der Waals surface area contributed by atoms with Crippen LogP contribution in [0.1, 0.15) is 17.8 Å². The van der Waals surface area contributed by atoms with Crippen LogP contribution in [0, 0.1) is 0 Å². The lowest BCUT2D eigenvalue weighted by Gasteiger charge is -2.16. The second-order valence-corrected chi connectivity index (χ2v) is 7.25. The number of thiophene rings is 1. The van der Waals surface area contributed by atoms with Gasteiger partial charge < -0.3 is 5.32 Å². The Bertz CT molecular complexity index is 753. The molecule has 4 heteroatoms. The van der Waals surface area contributed by atoms with Crippen molar-refractivity contribution in [2.45, 2.75) is 13.0 Å². The third kappa shape index (κ3) is 2.71. The fourth-order valence-electron chi connectivity index (χ4n) is 2.25. The zero-order valence-electron chi connectivity index (χ0n) is 10.9. The molecule has 1 aromatic heterocycles. The summed E-state index contributed by atoms with van der Waals surface area (Å²) < 4.78 is 1.94. The van der Waals surface area contributed by atoms with Gasteiger partial charge in [-0.05, 0) is 36.6 Å². The van der Waals surface area contributed by atoms with Crippen molar-refractivity contribution in [3.8, 4) is 0 Å². The van der Waals surface area contributed by atoms with E-state index in [1.54, 1.807) is 11.3 Å². The smallest absolute Gasteiger partial charge is 0.0932 e. The van der Waals surface area contributed by atoms with E-state index in [4.69, 9.17) is 11.6 Å². The third-order valence-corrected chi connectivity index (χ3v) is 5.37. The molecule has 0 spiro atoms. The van der Waals surface area contributed by atoms with Crippen LogP contribution in [0.15, 0.2) is 53.0 Å². The van der Waals surface area contributed by atoms with Crippen LogP contribution in [0.5, 0.6) is 0 Å². The van der Waals surface area contributed by atoms with Gasteiger partial charge in [0, 0.05) is 20.4 Å². The Morgan fingerprint density at radius 1 is 1.05 bits per heavy atom. The molecule has 0 fully saturated rings. The number of anilines is 1. The maximum Gasteiger partial charge on any atom is 0.0932 e. The first-order valence-corrected chi connectivity index (χ1v) is 8.33. The van der Waals surface area contributed by atoms with E-state index in [0.717, 1.165) is 14.5 Å². The van der Waals surface area contributed by atoms with E-state index in [9.17, 15) is 0 Å². The van der Waals surface area contributed by atoms with Gasteiger partial charge in [0.05, 0.1) is 10.4 Å². The minimum absolute atomic E-state index is 0.233. The molecule has 0 saturated carbocycles. The SMILES string of the molecule is CC(Nc1ccc(Br)c2ccccc12)c1ccc(Cl)s1. The average molecular weight is 367 g/mol. The van der Waals surface area contributed by atoms with Crippen molar-refractivity contribution in [1.29, 1.82) is 0 Å². The molecule has 3 rings (SSSR count). The molecule has 0 aliphatic rings. The maximum atomic E-state index is 6.01. The van der Waals surface area contributed by atoms with Crippen molar-refractivity contribution in [1.82, 2.24) is 0 Å². The van der Waals surface area contributed by atoms with E-state index in [2.05, 4.69) is 70.6 Å². The molecule has 2 aromatic carbocycles. The molecule has 20 heavy (non-hydrogen) atoms. The quantitative estimate of drug-likeness (QED) is 0.558. The first-order chi connectivity index (χ1) is 9.65. The van der Waals surface area contributed by atoms with E-state index in [1.165, 1.54) is 15.6 Å². The Balaban J connectivity index is 1.97. The molecular formula is C16H13BrClNS. The lowest BCUT2D eigenvalue weighted by molar-refractivity contribution is 0.910. The highest BCUT2D eigenvalue weighted by Crippen LogP contribution is 2.34. The number of hydrogen-bond acceptors (Lipinski definition) is 2. The molecular weight excluding hydrogens is 354 g/mol. The number of halogens is 2. The van der Waals surface area contributed by atoms with Crippen molar-refractivity contribution in [2.75, 3.05) is 5.32 Å². The predicted octanol–water partition coefficient (Wildman–Crippen LogP) is 6.49. The van der Waals surface area contributed by atoms with Crippen LogP contribution in [0.2, 0.25) is 4.34 Å². The molecule has 1 heterocycles. The zero-order valence-corrected chi connectivity index (χ0v) is 14.0. The summed E-state index contributed by atoms with van der Waals surface area (Å²) in [6.07, 6.45) is 0. The number of nitrogens with one attached hydrogen (secondary N) is 1. The lowest BCUT2D eigenvalue weighted by atomic mass is 10.1. The van der Waals surface area contributed by atoms with Gasteiger partial charge in [0.25, 0.3) is 0 Å². The summed E-state index contributed by atoms with van der Waals surface area (Å²) in [5, 5.41) is 6.01. The summed E-state index contributed by atoms with van der Waals surface area (Å²) in [5.41, 5.74) is 1.14. The predicted molar refractivity (Wildman–Crippen MR) is 93.0 cm³/mol. The van der Waals surface area contributed by atoms with Crippen LogP contribution >= 0.6 is 38.9 Å². The van der Waals surface area contributed by atoms with Crippen molar-refractivity contribution in [2.24, 2.45) is 0 Å². The van der Waals surface area contributed by atoms with E-state index >= 15 is 0 Å². The van der Waals surface area contributed by atoms with Gasteiger partial charge in [0.2, 0.25) is 0 Å². The molecule has 1 N–H and O–H groups in total. The molecule has 0 amide bonds. The summed E-state index contributed by atoms with van der Waals surface area (Å²) in [7, 11) is 0. The normalized spacial score (nSPS) is 12.6. The maximum absolute atomic E-state index is 6.01. The first-order valence-electron chi connectivity index (χ1n) is 6.34. The number of fused-ring (bicyclic) bond motifs is 1. The lowest BCUT2D eigenvalue weighted by Crippen LogP contribution is -2.05. The van der Waals surface area contributed by atoms with Gasteiger partial charge in [-0.25, -0.2) is 0 Å². The van der Waals surface area contributed by atoms with Crippen LogP contribution < -0.4 is 5.32 Å². The first kappa shape index (κ1) is 13.9. The van der Waals surface area contributed by atoms with E-state index in [-0.39, 0.29) is 6.04 Å². The Labute approximate surface area is 135 Å². The summed E-state index contributed by atoms with van der Waals surface area (Å²) in [4.78, 5) is 1.24. The molecule has 1 nitrogen and oxygen atoms in total. The summed E-state index contributed by atoms with van der Waals surface area (Å²) in [6.45, 7) is 2.15. The van der Waals surface area contributed by atoms with E-state index < -0.39 is 0 Å². The molecule has 0 radical (unpaired) electrons. The van der Waals surface area contributed by atoms with Crippen molar-refractivity contribution in [3.63, 3.8) is 0 Å². The van der Waals surface area contributed by atoms with Crippen molar-refractivity contribution in [3.05, 3.63) is 62.2 Å². The Morgan fingerprint density at radius 3 is 2.50 bits per heavy atom. The number of hydrogen-bond donors (Lipinski definition) is 1. The Kier molecular flexibility index (Phi) is 4.01. The van der Waals surface area contributed by atoms with E-state index in [1.807, 2.05) is 6.07 Å². The fourth-order valence-corrected chi connectivity index (χ4v) is 3.79. The van der Waals surface area contributed by atoms with Crippen LogP contribution in [-0.2, 0) is 0 Å². The average Bonchev–Trinajstić information content (AvgIpc) is 2.89. The highest BCUT2D eigenvalue weighted by atomic mass is 79.9. The number of rotatable bonds is 3. The highest BCUT2D eigenvalue weighted by Gasteiger charge is 2.10. The minimum atomic E-state index is 0.233. The van der Waals surface area contributed by atoms with Gasteiger partial charge in [-0.1, -0.05) is 51.8 Å². The third-order valence-electron chi connectivity index (χ3n) is 3.26. The van der Waals surface area contributed by atoms with Crippen LogP contribution in [0.3, 0.4) is 0 Å². The number of benzene rings is 2. The summed E-state index contributed by atoms with van der Waals surface area (Å²) >= 11 is 11.2. The summed E-state index contributed by atoms with van der Waals surface area (Å²) in [5.74, 6) is 0. The highest BCUT2D eigenvalue weighted by molar-refractivity contribution is 9.10. The zero-order chi connectivity index (χ0) is 14.1. The van der Waals surface area contributed by atoms with Gasteiger partial charge in [-0.15, -0.1) is 11.3 Å². The molecule has 102 valence electrons. The van der Waals surface area contributed by atoms with Crippen LogP contribution in [-0.4, -0.2) is 0 Å². The topological polar surface area (TPSA) is 12.0 Å². The van der Waals surface area contributed by atoms with Crippen LogP contribution in [0.25, 0.3) is 10.8 Å². The largest absolute Gasteiger partial charge is 0.377 e. The standard InChI is InChI=1S/C16H13BrClNS/c1-10(15-8-9-16(18)20-15)19-14-7-6-13(17)11-4-2-3-5-12(11)14/h2-10,19H,1H3. The van der Waals surface area contributed by atoms with E-state index in [0.29, 0.717) is 0 Å². The van der Waals surface area contributed by atoms with Crippen molar-refractivity contribution >= 4 is 55.3 Å². The molecule has 1 unspecified atom stereocenters. The second kappa shape index (κ2) is 5.76. The van der Waals surface area contributed by atoms with Gasteiger partial charge >= 0.3 is 0 Å². The molecule has 0 bridgehead atoms. The molecule has 0 aliphatic carbocycles. The molecule has 1 atom stereocenters. The van der Waals surface area contributed by atoms with Gasteiger partial charge in [-0.2, -0.15) is 0 Å². The monoisotopic (exact) mass is 365 g/mol. The van der Waals surface area contributed by atoms with Gasteiger partial charge in [-0.3, -0.25) is 0 Å². The summed E-state index contributed by atoms with van der Waals surface area (Å²) in [6, 6.07) is 16.8. The van der Waals surface area contributed by atoms with Crippen molar-refractivity contribution < 1.29 is 0 Å². The molecule has 0 aliphatic heterocycles. The minimum Gasteiger partial charge on any atom is -0.377 e. The molecule has 0 saturated heterocycles.